The molecule has 0 radical (unpaired) electrons. The van der Waals surface area contributed by atoms with Crippen molar-refractivity contribution in [3.8, 4) is 5.75 Å². The van der Waals surface area contributed by atoms with E-state index in [1.807, 2.05) is 24.4 Å². The predicted octanol–water partition coefficient (Wildman–Crippen LogP) is 4.16. The second kappa shape index (κ2) is 10.7. The molecule has 0 bridgehead atoms. The summed E-state index contributed by atoms with van der Waals surface area (Å²) in [5.74, 6) is 0.152. The fourth-order valence-electron chi connectivity index (χ4n) is 4.11. The Hall–Kier alpha value is -3.98. The summed E-state index contributed by atoms with van der Waals surface area (Å²) in [5, 5.41) is 4.12. The fraction of sp³-hybridized carbons (Fsp3) is 0.222. The molecule has 0 aliphatic heterocycles. The molecule has 0 spiro atoms. The maximum absolute atomic E-state index is 13.0. The first-order valence-electron chi connectivity index (χ1n) is 11.6. The van der Waals surface area contributed by atoms with Gasteiger partial charge in [0.15, 0.2) is 0 Å². The number of nitrogen functional groups attached to an aromatic ring is 1. The molecule has 8 nitrogen and oxygen atoms in total. The Morgan fingerprint density at radius 3 is 2.64 bits per heavy atom. The first kappa shape index (κ1) is 25.1. The van der Waals surface area contributed by atoms with Crippen LogP contribution in [0.5, 0.6) is 5.75 Å². The molecular formula is C27H30N4O4S. The normalized spacial score (nSPS) is 11.4. The third-order valence-corrected chi connectivity index (χ3v) is 7.45. The first-order valence-corrected chi connectivity index (χ1v) is 13.1. The topological polar surface area (TPSA) is 126 Å². The van der Waals surface area contributed by atoms with E-state index in [0.29, 0.717) is 29.9 Å². The van der Waals surface area contributed by atoms with E-state index in [2.05, 4.69) is 21.1 Å². The Kier molecular flexibility index (Phi) is 7.49. The molecule has 5 N–H and O–H groups in total. The van der Waals surface area contributed by atoms with Crippen molar-refractivity contribution < 1.29 is 17.9 Å². The van der Waals surface area contributed by atoms with Crippen molar-refractivity contribution in [3.63, 3.8) is 0 Å². The van der Waals surface area contributed by atoms with Crippen LogP contribution in [0, 0.1) is 6.92 Å². The lowest BCUT2D eigenvalue weighted by Gasteiger charge is -2.14. The second-order valence-electron chi connectivity index (χ2n) is 8.62. The van der Waals surface area contributed by atoms with Crippen molar-refractivity contribution in [2.24, 2.45) is 0 Å². The summed E-state index contributed by atoms with van der Waals surface area (Å²) in [6, 6.07) is 17.9. The molecule has 1 aromatic heterocycles. The highest BCUT2D eigenvalue weighted by Crippen LogP contribution is 2.29. The Morgan fingerprint density at radius 2 is 1.86 bits per heavy atom. The predicted molar refractivity (Wildman–Crippen MR) is 143 cm³/mol. The highest BCUT2D eigenvalue weighted by atomic mass is 32.2. The van der Waals surface area contributed by atoms with E-state index in [1.165, 1.54) is 13.2 Å². The number of aryl methyl sites for hydroxylation is 2. The molecule has 0 saturated heterocycles. The molecule has 1 amide bonds. The molecule has 9 heteroatoms. The lowest BCUT2D eigenvalue weighted by molar-refractivity contribution is -0.121. The summed E-state index contributed by atoms with van der Waals surface area (Å²) in [4.78, 5) is 15.6. The number of fused-ring (bicyclic) bond motifs is 1. The molecular weight excluding hydrogens is 476 g/mol. The van der Waals surface area contributed by atoms with E-state index < -0.39 is 10.0 Å². The molecule has 0 atom stereocenters. The molecule has 36 heavy (non-hydrogen) atoms. The quantitative estimate of drug-likeness (QED) is 0.240. The number of amides is 1. The highest BCUT2D eigenvalue weighted by Gasteiger charge is 2.21. The largest absolute Gasteiger partial charge is 0.495 e. The molecule has 0 unspecified atom stereocenters. The van der Waals surface area contributed by atoms with Gasteiger partial charge in [0.1, 0.15) is 10.6 Å². The van der Waals surface area contributed by atoms with E-state index in [9.17, 15) is 13.2 Å². The number of hydrogen-bond acceptors (Lipinski definition) is 5. The Labute approximate surface area is 210 Å². The average Bonchev–Trinajstić information content (AvgIpc) is 3.27. The number of nitrogens with one attached hydrogen (secondary N) is 3. The molecule has 0 aliphatic rings. The summed E-state index contributed by atoms with van der Waals surface area (Å²) >= 11 is 0. The monoisotopic (exact) mass is 506 g/mol. The number of nitrogens with two attached hydrogens (primary N) is 1. The van der Waals surface area contributed by atoms with Gasteiger partial charge >= 0.3 is 0 Å². The van der Waals surface area contributed by atoms with Gasteiger partial charge < -0.3 is 20.8 Å². The summed E-state index contributed by atoms with van der Waals surface area (Å²) in [5.41, 5.74) is 10.5. The minimum Gasteiger partial charge on any atom is -0.495 e. The Morgan fingerprint density at radius 1 is 1.06 bits per heavy atom. The van der Waals surface area contributed by atoms with Crippen LogP contribution in [0.1, 0.15) is 23.1 Å². The Bertz CT molecular complexity index is 1490. The zero-order valence-corrected chi connectivity index (χ0v) is 21.1. The number of ether oxygens (including phenoxy) is 1. The molecule has 0 saturated carbocycles. The number of sulfonamides is 1. The van der Waals surface area contributed by atoms with E-state index in [-0.39, 0.29) is 23.0 Å². The fourth-order valence-corrected chi connectivity index (χ4v) is 5.39. The van der Waals surface area contributed by atoms with E-state index in [4.69, 9.17) is 10.5 Å². The minimum atomic E-state index is -3.89. The van der Waals surface area contributed by atoms with Crippen molar-refractivity contribution in [1.82, 2.24) is 10.3 Å². The van der Waals surface area contributed by atoms with Crippen molar-refractivity contribution in [2.45, 2.75) is 31.1 Å². The number of anilines is 2. The number of carbonyl (C=O) groups is 1. The number of para-hydroxylation sites is 1. The van der Waals surface area contributed by atoms with Crippen LogP contribution in [-0.2, 0) is 27.7 Å². The summed E-state index contributed by atoms with van der Waals surface area (Å²) in [6.45, 7) is 2.32. The van der Waals surface area contributed by atoms with E-state index >= 15 is 0 Å². The van der Waals surface area contributed by atoms with Crippen LogP contribution in [0.4, 0.5) is 11.4 Å². The van der Waals surface area contributed by atoms with Gasteiger partial charge in [-0.2, -0.15) is 0 Å². The number of hydrogen-bond donors (Lipinski definition) is 4. The van der Waals surface area contributed by atoms with Gasteiger partial charge in [-0.25, -0.2) is 8.42 Å². The van der Waals surface area contributed by atoms with Crippen LogP contribution in [-0.4, -0.2) is 33.0 Å². The zero-order valence-electron chi connectivity index (χ0n) is 20.3. The second-order valence-corrected chi connectivity index (χ2v) is 10.3. The van der Waals surface area contributed by atoms with Gasteiger partial charge in [0.05, 0.1) is 12.8 Å². The van der Waals surface area contributed by atoms with Gasteiger partial charge in [0.25, 0.3) is 10.0 Å². The van der Waals surface area contributed by atoms with Crippen LogP contribution >= 0.6 is 0 Å². The number of rotatable bonds is 10. The lowest BCUT2D eigenvalue weighted by Crippen LogP contribution is -2.25. The Balaban J connectivity index is 1.34. The highest BCUT2D eigenvalue weighted by molar-refractivity contribution is 7.92. The average molecular weight is 507 g/mol. The third-order valence-electron chi connectivity index (χ3n) is 6.04. The van der Waals surface area contributed by atoms with Crippen LogP contribution in [0.25, 0.3) is 10.9 Å². The molecule has 1 heterocycles. The van der Waals surface area contributed by atoms with Crippen molar-refractivity contribution >= 4 is 38.2 Å². The molecule has 4 aromatic rings. The number of H-pyrrole nitrogens is 1. The number of aromatic amines is 1. The maximum atomic E-state index is 13.0. The number of benzene rings is 3. The van der Waals surface area contributed by atoms with Gasteiger partial charge in [-0.15, -0.1) is 0 Å². The van der Waals surface area contributed by atoms with E-state index in [0.717, 1.165) is 28.5 Å². The van der Waals surface area contributed by atoms with Gasteiger partial charge in [-0.3, -0.25) is 9.52 Å². The van der Waals surface area contributed by atoms with Gasteiger partial charge in [-0.05, 0) is 72.9 Å². The van der Waals surface area contributed by atoms with Gasteiger partial charge in [-0.1, -0.05) is 24.3 Å². The number of aromatic nitrogens is 1. The zero-order chi connectivity index (χ0) is 25.7. The molecule has 3 aromatic carbocycles. The minimum absolute atomic E-state index is 0.0214. The van der Waals surface area contributed by atoms with Gasteiger partial charge in [0.2, 0.25) is 5.91 Å². The number of carbonyl (C=O) groups excluding carboxylic acids is 1. The van der Waals surface area contributed by atoms with Crippen molar-refractivity contribution in [1.29, 1.82) is 0 Å². The third kappa shape index (κ3) is 5.80. The molecule has 4 rings (SSSR count). The smallest absolute Gasteiger partial charge is 0.265 e. The lowest BCUT2D eigenvalue weighted by atomic mass is 10.1. The van der Waals surface area contributed by atoms with Crippen LogP contribution in [0.15, 0.2) is 71.8 Å². The maximum Gasteiger partial charge on any atom is 0.265 e. The van der Waals surface area contributed by atoms with Crippen molar-refractivity contribution in [3.05, 3.63) is 83.6 Å². The van der Waals surface area contributed by atoms with E-state index in [1.54, 1.807) is 37.3 Å². The summed E-state index contributed by atoms with van der Waals surface area (Å²) in [7, 11) is -2.47. The van der Waals surface area contributed by atoms with Crippen LogP contribution in [0.2, 0.25) is 0 Å². The van der Waals surface area contributed by atoms with Gasteiger partial charge in [0, 0.05) is 35.8 Å². The molecule has 0 aliphatic carbocycles. The summed E-state index contributed by atoms with van der Waals surface area (Å²) in [6.07, 6.45) is 3.45. The molecule has 0 fully saturated rings. The standard InChI is InChI=1S/C27H30N4O4S/c1-18-15-21(28)9-10-23(18)31-36(33,34)26-11-7-19(16-25(26)35-2)8-12-27(32)29-14-13-20-17-30-24-6-4-3-5-22(20)24/h3-7,9-11,15-17,30-31H,8,12-14,28H2,1-2H3,(H,29,32). The van der Waals surface area contributed by atoms with Crippen molar-refractivity contribution in [2.75, 3.05) is 24.1 Å². The van der Waals surface area contributed by atoms with Crippen LogP contribution < -0.4 is 20.5 Å². The number of methoxy groups -OCH3 is 1. The first-order chi connectivity index (χ1) is 17.3. The molecule has 188 valence electrons. The summed E-state index contributed by atoms with van der Waals surface area (Å²) < 4.78 is 34.0. The van der Waals surface area contributed by atoms with Crippen LogP contribution in [0.3, 0.4) is 0 Å². The SMILES string of the molecule is COc1cc(CCC(=O)NCCc2c[nH]c3ccccc23)ccc1S(=O)(=O)Nc1ccc(N)cc1C.